The molecule has 0 saturated heterocycles. The first-order valence-electron chi connectivity index (χ1n) is 9.02. The van der Waals surface area contributed by atoms with E-state index in [0.717, 1.165) is 23.9 Å². The van der Waals surface area contributed by atoms with Crippen LogP contribution >= 0.6 is 0 Å². The summed E-state index contributed by atoms with van der Waals surface area (Å²) in [5, 5.41) is 2.38. The van der Waals surface area contributed by atoms with Crippen molar-refractivity contribution in [1.82, 2.24) is 14.5 Å². The van der Waals surface area contributed by atoms with Crippen molar-refractivity contribution in [3.05, 3.63) is 89.7 Å². The SMILES string of the molecule is C=Cc1ncc(C#Cc2cc(C(=O)Nc3cc(C(F)(F)F)ccn3)ccc2C)n1C=C. The van der Waals surface area contributed by atoms with E-state index in [-0.39, 0.29) is 11.4 Å². The maximum atomic E-state index is 12.9. The molecule has 3 rings (SSSR count). The molecule has 1 aromatic carbocycles. The molecule has 1 N–H and O–H groups in total. The molecule has 0 aliphatic carbocycles. The first kappa shape index (κ1) is 21.6. The van der Waals surface area contributed by atoms with Gasteiger partial charge in [-0.05, 0) is 48.7 Å². The first-order chi connectivity index (χ1) is 14.7. The Bertz CT molecular complexity index is 1230. The van der Waals surface area contributed by atoms with Crippen LogP contribution in [-0.2, 0) is 6.18 Å². The zero-order valence-electron chi connectivity index (χ0n) is 16.5. The minimum atomic E-state index is -4.53. The number of carbonyl (C=O) groups is 1. The third kappa shape index (κ3) is 4.90. The molecule has 156 valence electrons. The number of aromatic nitrogens is 3. The van der Waals surface area contributed by atoms with Crippen molar-refractivity contribution in [3.8, 4) is 11.8 Å². The molecule has 0 fully saturated rings. The maximum Gasteiger partial charge on any atom is 0.416 e. The van der Waals surface area contributed by atoms with Crippen molar-refractivity contribution in [2.45, 2.75) is 13.1 Å². The van der Waals surface area contributed by atoms with Gasteiger partial charge in [0.25, 0.3) is 5.91 Å². The molecule has 1 amide bonds. The lowest BCUT2D eigenvalue weighted by molar-refractivity contribution is -0.137. The number of amides is 1. The fourth-order valence-electron chi connectivity index (χ4n) is 2.70. The zero-order chi connectivity index (χ0) is 22.6. The van der Waals surface area contributed by atoms with Crippen LogP contribution in [0.15, 0.2) is 55.9 Å². The predicted octanol–water partition coefficient (Wildman–Crippen LogP) is 5.00. The smallest absolute Gasteiger partial charge is 0.307 e. The van der Waals surface area contributed by atoms with Gasteiger partial charge >= 0.3 is 6.18 Å². The minimum absolute atomic E-state index is 0.195. The molecule has 0 aliphatic heterocycles. The molecule has 5 nitrogen and oxygen atoms in total. The van der Waals surface area contributed by atoms with Gasteiger partial charge in [-0.15, -0.1) is 0 Å². The Hall–Kier alpha value is -4.12. The summed E-state index contributed by atoms with van der Waals surface area (Å²) in [5.41, 5.74) is 1.34. The summed E-state index contributed by atoms with van der Waals surface area (Å²) in [7, 11) is 0. The van der Waals surface area contributed by atoms with Crippen LogP contribution < -0.4 is 5.32 Å². The second-order valence-corrected chi connectivity index (χ2v) is 6.42. The highest BCUT2D eigenvalue weighted by atomic mass is 19.4. The highest BCUT2D eigenvalue weighted by molar-refractivity contribution is 6.04. The molecule has 2 heterocycles. The van der Waals surface area contributed by atoms with Crippen LogP contribution in [0.25, 0.3) is 12.3 Å². The van der Waals surface area contributed by atoms with Gasteiger partial charge in [-0.3, -0.25) is 9.36 Å². The van der Waals surface area contributed by atoms with Gasteiger partial charge in [0.1, 0.15) is 17.3 Å². The molecule has 0 saturated carbocycles. The number of nitrogens with zero attached hydrogens (tertiary/aromatic N) is 3. The largest absolute Gasteiger partial charge is 0.416 e. The van der Waals surface area contributed by atoms with Crippen molar-refractivity contribution in [3.63, 3.8) is 0 Å². The Morgan fingerprint density at radius 3 is 2.61 bits per heavy atom. The topological polar surface area (TPSA) is 59.8 Å². The Labute approximate surface area is 177 Å². The number of carbonyl (C=O) groups excluding carboxylic acids is 1. The van der Waals surface area contributed by atoms with Gasteiger partial charge in [0.05, 0.1) is 11.8 Å². The second kappa shape index (κ2) is 8.71. The number of hydrogen-bond acceptors (Lipinski definition) is 3. The molecule has 31 heavy (non-hydrogen) atoms. The molecule has 3 aromatic rings. The summed E-state index contributed by atoms with van der Waals surface area (Å²) >= 11 is 0. The van der Waals surface area contributed by atoms with Crippen LogP contribution in [0.2, 0.25) is 0 Å². The lowest BCUT2D eigenvalue weighted by Crippen LogP contribution is -2.14. The Balaban J connectivity index is 1.87. The summed E-state index contributed by atoms with van der Waals surface area (Å²) in [6.07, 6.45) is 1.18. The van der Waals surface area contributed by atoms with Crippen LogP contribution in [0.3, 0.4) is 0 Å². The van der Waals surface area contributed by atoms with E-state index in [0.29, 0.717) is 17.1 Å². The van der Waals surface area contributed by atoms with E-state index < -0.39 is 17.6 Å². The number of pyridine rings is 1. The van der Waals surface area contributed by atoms with Crippen LogP contribution in [0.5, 0.6) is 0 Å². The molecule has 0 spiro atoms. The van der Waals surface area contributed by atoms with Gasteiger partial charge in [0.2, 0.25) is 0 Å². The second-order valence-electron chi connectivity index (χ2n) is 6.42. The molecular formula is C23H17F3N4O. The van der Waals surface area contributed by atoms with Gasteiger partial charge in [-0.2, -0.15) is 13.2 Å². The van der Waals surface area contributed by atoms with Crippen LogP contribution in [0, 0.1) is 18.8 Å². The fraction of sp³-hybridized carbons (Fsp3) is 0.0870. The van der Waals surface area contributed by atoms with Gasteiger partial charge in [0, 0.05) is 23.5 Å². The average molecular weight is 422 g/mol. The quantitative estimate of drug-likeness (QED) is 0.602. The number of nitrogens with one attached hydrogen (secondary N) is 1. The molecule has 0 unspecified atom stereocenters. The van der Waals surface area contributed by atoms with Crippen molar-refractivity contribution in [1.29, 1.82) is 0 Å². The van der Waals surface area contributed by atoms with E-state index in [4.69, 9.17) is 0 Å². The maximum absolute atomic E-state index is 12.9. The van der Waals surface area contributed by atoms with Crippen LogP contribution in [-0.4, -0.2) is 20.4 Å². The number of alkyl halides is 3. The number of imidazole rings is 1. The summed E-state index contributed by atoms with van der Waals surface area (Å²) in [4.78, 5) is 20.5. The zero-order valence-corrected chi connectivity index (χ0v) is 16.5. The Morgan fingerprint density at radius 2 is 1.94 bits per heavy atom. The molecule has 0 bridgehead atoms. The van der Waals surface area contributed by atoms with Crippen molar-refractivity contribution < 1.29 is 18.0 Å². The third-order valence-corrected chi connectivity index (χ3v) is 4.34. The van der Waals surface area contributed by atoms with Gasteiger partial charge in [-0.1, -0.05) is 25.1 Å². The highest BCUT2D eigenvalue weighted by Crippen LogP contribution is 2.30. The van der Waals surface area contributed by atoms with Crippen LogP contribution in [0.4, 0.5) is 19.0 Å². The van der Waals surface area contributed by atoms with E-state index in [9.17, 15) is 18.0 Å². The highest BCUT2D eigenvalue weighted by Gasteiger charge is 2.30. The minimum Gasteiger partial charge on any atom is -0.307 e. The van der Waals surface area contributed by atoms with Gasteiger partial charge < -0.3 is 5.32 Å². The average Bonchev–Trinajstić information content (AvgIpc) is 3.14. The fourth-order valence-corrected chi connectivity index (χ4v) is 2.70. The molecule has 0 atom stereocenters. The number of anilines is 1. The summed E-state index contributed by atoms with van der Waals surface area (Å²) in [6.45, 7) is 9.23. The monoisotopic (exact) mass is 422 g/mol. The molecule has 0 radical (unpaired) electrons. The van der Waals surface area contributed by atoms with E-state index in [1.54, 1.807) is 41.2 Å². The van der Waals surface area contributed by atoms with E-state index in [1.165, 1.54) is 0 Å². The van der Waals surface area contributed by atoms with E-state index in [2.05, 4.69) is 40.3 Å². The van der Waals surface area contributed by atoms with Gasteiger partial charge in [0.15, 0.2) is 0 Å². The van der Waals surface area contributed by atoms with Crippen molar-refractivity contribution >= 4 is 24.0 Å². The summed E-state index contributed by atoms with van der Waals surface area (Å²) in [6, 6.07) is 6.45. The normalized spacial score (nSPS) is 10.7. The van der Waals surface area contributed by atoms with Crippen molar-refractivity contribution in [2.24, 2.45) is 0 Å². The predicted molar refractivity (Wildman–Crippen MR) is 113 cm³/mol. The molecule has 8 heteroatoms. The number of halogens is 3. The van der Waals surface area contributed by atoms with Crippen LogP contribution in [0.1, 0.15) is 38.6 Å². The third-order valence-electron chi connectivity index (χ3n) is 4.34. The lowest BCUT2D eigenvalue weighted by Gasteiger charge is -2.09. The molecule has 0 aliphatic rings. The Morgan fingerprint density at radius 1 is 1.16 bits per heavy atom. The summed E-state index contributed by atoms with van der Waals surface area (Å²) in [5.74, 6) is 5.77. The number of rotatable bonds is 4. The van der Waals surface area contributed by atoms with E-state index >= 15 is 0 Å². The van der Waals surface area contributed by atoms with Crippen molar-refractivity contribution in [2.75, 3.05) is 5.32 Å². The number of aryl methyl sites for hydroxylation is 1. The number of hydrogen-bond donors (Lipinski definition) is 1. The molecule has 2 aromatic heterocycles. The van der Waals surface area contributed by atoms with Gasteiger partial charge in [-0.25, -0.2) is 9.97 Å². The first-order valence-corrected chi connectivity index (χ1v) is 9.02. The Kier molecular flexibility index (Phi) is 6.07. The molecular weight excluding hydrogens is 405 g/mol. The lowest BCUT2D eigenvalue weighted by atomic mass is 10.0. The standard InChI is InChI=1S/C23H17F3N4O/c1-4-21-28-14-19(30(21)5-2)9-8-16-12-17(7-6-15(16)3)22(31)29-20-13-18(10-11-27-20)23(24,25)26/h4-7,10-14H,1-2H2,3H3,(H,27,29,31). The number of benzene rings is 1. The summed E-state index contributed by atoms with van der Waals surface area (Å²) < 4.78 is 40.2. The van der Waals surface area contributed by atoms with E-state index in [1.807, 2.05) is 6.92 Å².